The second-order valence-electron chi connectivity index (χ2n) is 2.10. The van der Waals surface area contributed by atoms with Crippen LogP contribution in [0.1, 0.15) is 0 Å². The normalized spacial score (nSPS) is 11.4. The van der Waals surface area contributed by atoms with Crippen molar-refractivity contribution in [3.8, 4) is 0 Å². The summed E-state index contributed by atoms with van der Waals surface area (Å²) in [5.74, 6) is 0. The highest BCUT2D eigenvalue weighted by molar-refractivity contribution is 5.35. The molecule has 0 spiro atoms. The van der Waals surface area contributed by atoms with E-state index in [1.54, 1.807) is 6.08 Å². The maximum Gasteiger partial charge on any atom is -0.0190 e. The minimum atomic E-state index is 1.04. The Morgan fingerprint density at radius 3 is 2.50 bits per heavy atom. The first-order valence-electron chi connectivity index (χ1n) is 3.21. The van der Waals surface area contributed by atoms with Gasteiger partial charge in [-0.2, -0.15) is 0 Å². The Hall–Kier alpha value is -1.30. The van der Waals surface area contributed by atoms with Crippen LogP contribution in [-0.4, -0.2) is 0 Å². The van der Waals surface area contributed by atoms with E-state index >= 15 is 0 Å². The van der Waals surface area contributed by atoms with Crippen LogP contribution in [0.4, 0.5) is 0 Å². The molecule has 0 saturated heterocycles. The van der Waals surface area contributed by atoms with Crippen molar-refractivity contribution >= 4 is 12.7 Å². The molecule has 0 nitrogen and oxygen atoms in total. The molecule has 0 N–H and O–H groups in total. The molecule has 0 saturated carbocycles. The molecule has 0 aliphatic carbocycles. The highest BCUT2D eigenvalue weighted by Crippen LogP contribution is 1.70. The molecule has 0 aliphatic heterocycles. The van der Waals surface area contributed by atoms with Crippen LogP contribution in [-0.2, 0) is 0 Å². The van der Waals surface area contributed by atoms with Crippen LogP contribution in [0.3, 0.4) is 0 Å². The van der Waals surface area contributed by atoms with Gasteiger partial charge in [0.25, 0.3) is 0 Å². The average Bonchev–Trinajstić information content (AvgIpc) is 1.94. The lowest BCUT2D eigenvalue weighted by Gasteiger charge is -1.83. The van der Waals surface area contributed by atoms with Crippen molar-refractivity contribution in [1.82, 2.24) is 0 Å². The second kappa shape index (κ2) is 3.02. The Bertz CT molecular complexity index is 320. The molecule has 0 heterocycles. The summed E-state index contributed by atoms with van der Waals surface area (Å²) in [6, 6.07) is 7.96. The summed E-state index contributed by atoms with van der Waals surface area (Å²) >= 11 is 0. The monoisotopic (exact) mass is 130 g/mol. The van der Waals surface area contributed by atoms with Crippen LogP contribution < -0.4 is 10.4 Å². The number of rotatable bonds is 1. The summed E-state index contributed by atoms with van der Waals surface area (Å²) in [6.07, 6.45) is 3.71. The molecule has 0 bridgehead atoms. The predicted octanol–water partition coefficient (Wildman–Crippen LogP) is 1.06. The van der Waals surface area contributed by atoms with Gasteiger partial charge in [-0.3, -0.25) is 0 Å². The zero-order valence-corrected chi connectivity index (χ0v) is 5.88. The third-order valence-electron chi connectivity index (χ3n) is 1.35. The third kappa shape index (κ3) is 1.35. The van der Waals surface area contributed by atoms with Crippen molar-refractivity contribution in [3.05, 3.63) is 47.4 Å². The maximum absolute atomic E-state index is 3.86. The van der Waals surface area contributed by atoms with Crippen molar-refractivity contribution in [2.45, 2.75) is 0 Å². The maximum atomic E-state index is 3.86. The van der Waals surface area contributed by atoms with Crippen molar-refractivity contribution in [3.63, 3.8) is 0 Å². The highest BCUT2D eigenvalue weighted by atomic mass is 13.8. The first-order valence-corrected chi connectivity index (χ1v) is 3.21. The van der Waals surface area contributed by atoms with Crippen LogP contribution in [0.5, 0.6) is 0 Å². The Labute approximate surface area is 60.8 Å². The molecule has 0 radical (unpaired) electrons. The summed E-state index contributed by atoms with van der Waals surface area (Å²) in [6.45, 7) is 7.47. The van der Waals surface area contributed by atoms with Crippen molar-refractivity contribution in [1.29, 1.82) is 0 Å². The van der Waals surface area contributed by atoms with Gasteiger partial charge in [-0.25, -0.2) is 0 Å². The highest BCUT2D eigenvalue weighted by Gasteiger charge is 1.75. The molecule has 10 heavy (non-hydrogen) atoms. The van der Waals surface area contributed by atoms with Gasteiger partial charge < -0.3 is 0 Å². The van der Waals surface area contributed by atoms with Crippen molar-refractivity contribution in [2.24, 2.45) is 0 Å². The van der Waals surface area contributed by atoms with Crippen molar-refractivity contribution in [2.75, 3.05) is 0 Å². The van der Waals surface area contributed by atoms with Gasteiger partial charge >= 0.3 is 0 Å². The molecule has 0 atom stereocenters. The molecule has 1 aromatic carbocycles. The summed E-state index contributed by atoms with van der Waals surface area (Å²) in [4.78, 5) is 0. The number of allylic oxidation sites excluding steroid dienone is 1. The molecule has 0 aliphatic rings. The van der Waals surface area contributed by atoms with Crippen LogP contribution in [0.25, 0.3) is 12.7 Å². The Morgan fingerprint density at radius 2 is 1.90 bits per heavy atom. The smallest absolute Gasteiger partial charge is 0.0190 e. The molecule has 50 valence electrons. The molecule has 0 heteroatoms. The van der Waals surface area contributed by atoms with E-state index in [0.717, 1.165) is 10.4 Å². The minimum absolute atomic E-state index is 1.04. The van der Waals surface area contributed by atoms with E-state index in [2.05, 4.69) is 13.2 Å². The second-order valence-corrected chi connectivity index (χ2v) is 2.10. The van der Waals surface area contributed by atoms with E-state index in [0.29, 0.717) is 0 Å². The van der Waals surface area contributed by atoms with Gasteiger partial charge in [0.1, 0.15) is 0 Å². The van der Waals surface area contributed by atoms with E-state index in [1.807, 2.05) is 30.3 Å². The van der Waals surface area contributed by atoms with E-state index in [4.69, 9.17) is 0 Å². The molecule has 1 aromatic rings. The van der Waals surface area contributed by atoms with Crippen molar-refractivity contribution < 1.29 is 0 Å². The molecular formula is C10H10. The zero-order chi connectivity index (χ0) is 7.40. The summed E-state index contributed by atoms with van der Waals surface area (Å²) in [7, 11) is 0. The molecule has 0 aromatic heterocycles. The molecular weight excluding hydrogens is 120 g/mol. The fraction of sp³-hybridized carbons (Fsp3) is 0. The fourth-order valence-corrected chi connectivity index (χ4v) is 0.824. The quantitative estimate of drug-likeness (QED) is 0.533. The molecule has 0 fully saturated rings. The molecule has 0 amide bonds. The van der Waals surface area contributed by atoms with Gasteiger partial charge in [-0.05, 0) is 10.4 Å². The van der Waals surface area contributed by atoms with E-state index in [1.165, 1.54) is 0 Å². The number of hydrogen-bond acceptors (Lipinski definition) is 0. The van der Waals surface area contributed by atoms with Gasteiger partial charge in [0, 0.05) is 0 Å². The first kappa shape index (κ1) is 6.81. The standard InChI is InChI=1S/C10H10/c1-3-6-10-8-5-4-7-9(10)2/h3-8H,1-2H2/b10-6+. The third-order valence-corrected chi connectivity index (χ3v) is 1.35. The zero-order valence-electron chi connectivity index (χ0n) is 5.88. The van der Waals surface area contributed by atoms with Gasteiger partial charge in [0.15, 0.2) is 0 Å². The predicted molar refractivity (Wildman–Crippen MR) is 45.9 cm³/mol. The fourth-order valence-electron chi connectivity index (χ4n) is 0.824. The topological polar surface area (TPSA) is 0 Å². The lowest BCUT2D eigenvalue weighted by molar-refractivity contribution is 1.54. The van der Waals surface area contributed by atoms with Crippen LogP contribution in [0, 0.1) is 0 Å². The van der Waals surface area contributed by atoms with Gasteiger partial charge in [0.05, 0.1) is 0 Å². The largest absolute Gasteiger partial charge is 0.0990 e. The van der Waals surface area contributed by atoms with Crippen LogP contribution in [0.2, 0.25) is 0 Å². The van der Waals surface area contributed by atoms with Gasteiger partial charge in [0.2, 0.25) is 0 Å². The Balaban J connectivity index is 3.43. The molecule has 0 unspecified atom stereocenters. The lowest BCUT2D eigenvalue weighted by atomic mass is 10.2. The average molecular weight is 130 g/mol. The molecule has 1 rings (SSSR count). The van der Waals surface area contributed by atoms with E-state index in [-0.39, 0.29) is 0 Å². The first-order chi connectivity index (χ1) is 4.84. The summed E-state index contributed by atoms with van der Waals surface area (Å²) in [5, 5.41) is 2.18. The Kier molecular flexibility index (Phi) is 2.06. The SMILES string of the molecule is C=C/C=c1\ccccc1=C. The lowest BCUT2D eigenvalue weighted by Crippen LogP contribution is -2.21. The minimum Gasteiger partial charge on any atom is -0.0990 e. The Morgan fingerprint density at radius 1 is 1.20 bits per heavy atom. The summed E-state index contributed by atoms with van der Waals surface area (Å²) < 4.78 is 0. The number of benzene rings is 1. The number of hydrogen-bond donors (Lipinski definition) is 0. The van der Waals surface area contributed by atoms with Gasteiger partial charge in [-0.1, -0.05) is 49.6 Å². The van der Waals surface area contributed by atoms with Crippen LogP contribution in [0.15, 0.2) is 36.9 Å². The van der Waals surface area contributed by atoms with E-state index < -0.39 is 0 Å². The summed E-state index contributed by atoms with van der Waals surface area (Å²) in [5.41, 5.74) is 0. The van der Waals surface area contributed by atoms with Gasteiger partial charge in [-0.15, -0.1) is 0 Å². The van der Waals surface area contributed by atoms with Crippen LogP contribution >= 0.6 is 0 Å². The van der Waals surface area contributed by atoms with E-state index in [9.17, 15) is 0 Å².